The van der Waals surface area contributed by atoms with Gasteiger partial charge in [-0.05, 0) is 12.3 Å². The van der Waals surface area contributed by atoms with Crippen LogP contribution in [0.4, 0.5) is 0 Å². The number of nitrogens with zero attached hydrogens (tertiary/aromatic N) is 2. The zero-order valence-corrected chi connectivity index (χ0v) is 11.9. The van der Waals surface area contributed by atoms with Crippen LogP contribution in [-0.4, -0.2) is 32.5 Å². The van der Waals surface area contributed by atoms with Gasteiger partial charge in [0.05, 0.1) is 19.3 Å². The third-order valence-corrected chi connectivity index (χ3v) is 5.35. The molecule has 8 heteroatoms. The van der Waals surface area contributed by atoms with E-state index in [0.717, 1.165) is 0 Å². The molecule has 0 spiro atoms. The van der Waals surface area contributed by atoms with Gasteiger partial charge in [0, 0.05) is 29.1 Å². The van der Waals surface area contributed by atoms with Crippen molar-refractivity contribution in [3.8, 4) is 0 Å². The van der Waals surface area contributed by atoms with Crippen LogP contribution in [0, 0.1) is 26.1 Å². The molecule has 0 aliphatic heterocycles. The molecule has 0 radical (unpaired) electrons. The van der Waals surface area contributed by atoms with E-state index >= 15 is 0 Å². The summed E-state index contributed by atoms with van der Waals surface area (Å²) < 4.78 is 5.50. The maximum Gasteiger partial charge on any atom is 0.306 e. The Kier molecular flexibility index (Phi) is 2.80. The van der Waals surface area contributed by atoms with Gasteiger partial charge in [0.15, 0.2) is 0 Å². The van der Waals surface area contributed by atoms with Crippen molar-refractivity contribution in [3.05, 3.63) is 20.2 Å². The molecule has 4 bridgehead atoms. The van der Waals surface area contributed by atoms with E-state index in [1.165, 1.54) is 0 Å². The molecular weight excluding hydrogens is 280 g/mol. The van der Waals surface area contributed by atoms with Crippen LogP contribution in [0.25, 0.3) is 0 Å². The van der Waals surface area contributed by atoms with Crippen molar-refractivity contribution in [2.45, 2.75) is 68.5 Å². The molecule has 116 valence electrons. The summed E-state index contributed by atoms with van der Waals surface area (Å²) in [5.41, 5.74) is -3.63. The largest absolute Gasteiger partial charge is 0.458 e. The zero-order valence-electron chi connectivity index (χ0n) is 11.9. The van der Waals surface area contributed by atoms with E-state index in [2.05, 4.69) is 0 Å². The van der Waals surface area contributed by atoms with Crippen LogP contribution in [0.5, 0.6) is 0 Å². The molecule has 0 heterocycles. The summed E-state index contributed by atoms with van der Waals surface area (Å²) >= 11 is 0. The molecule has 4 aliphatic rings. The molecule has 0 aromatic carbocycles. The standard InChI is InChI=1S/C13H18N2O6/c1-2-10(16)21-13-5-9-3-11(7-13,14(17)18)6-12(4-9,8-13)15(19)20/h9H,2-8H2,1H3. The Morgan fingerprint density at radius 3 is 2.05 bits per heavy atom. The number of hydrogen-bond donors (Lipinski definition) is 0. The first-order valence-electron chi connectivity index (χ1n) is 7.26. The SMILES string of the molecule is CCC(=O)OC12CC3CC([N+](=O)[O-])(C1)CC([N+](=O)[O-])(C3)C2. The van der Waals surface area contributed by atoms with Crippen LogP contribution in [0.15, 0.2) is 0 Å². The van der Waals surface area contributed by atoms with E-state index in [1.807, 2.05) is 0 Å². The minimum absolute atomic E-state index is 0.0398. The molecule has 4 rings (SSSR count). The molecule has 21 heavy (non-hydrogen) atoms. The highest BCUT2D eigenvalue weighted by Crippen LogP contribution is 2.62. The summed E-state index contributed by atoms with van der Waals surface area (Å²) in [6, 6.07) is 0. The first-order valence-corrected chi connectivity index (χ1v) is 7.26. The third-order valence-electron chi connectivity index (χ3n) is 5.35. The predicted molar refractivity (Wildman–Crippen MR) is 69.8 cm³/mol. The van der Waals surface area contributed by atoms with Gasteiger partial charge in [0.2, 0.25) is 11.1 Å². The van der Waals surface area contributed by atoms with Gasteiger partial charge in [-0.2, -0.15) is 0 Å². The van der Waals surface area contributed by atoms with Crippen LogP contribution in [0.2, 0.25) is 0 Å². The van der Waals surface area contributed by atoms with Crippen molar-refractivity contribution in [1.29, 1.82) is 0 Å². The maximum absolute atomic E-state index is 11.7. The quantitative estimate of drug-likeness (QED) is 0.443. The maximum atomic E-state index is 11.7. The second-order valence-electron chi connectivity index (χ2n) is 6.98. The van der Waals surface area contributed by atoms with Crippen molar-refractivity contribution in [1.82, 2.24) is 0 Å². The molecule has 4 saturated carbocycles. The number of nitro groups is 2. The topological polar surface area (TPSA) is 113 Å². The minimum Gasteiger partial charge on any atom is -0.458 e. The summed E-state index contributed by atoms with van der Waals surface area (Å²) in [6.07, 6.45) is 1.60. The van der Waals surface area contributed by atoms with E-state index in [0.29, 0.717) is 19.3 Å². The number of esters is 1. The van der Waals surface area contributed by atoms with Crippen molar-refractivity contribution >= 4 is 5.97 Å². The van der Waals surface area contributed by atoms with Gasteiger partial charge < -0.3 is 4.74 Å². The average molecular weight is 298 g/mol. The summed E-state index contributed by atoms with van der Waals surface area (Å²) in [5.74, 6) is -0.546. The third kappa shape index (κ3) is 1.91. The number of rotatable bonds is 4. The van der Waals surface area contributed by atoms with Crippen molar-refractivity contribution in [2.75, 3.05) is 0 Å². The van der Waals surface area contributed by atoms with Crippen molar-refractivity contribution in [2.24, 2.45) is 5.92 Å². The highest BCUT2D eigenvalue weighted by Gasteiger charge is 2.75. The first kappa shape index (κ1) is 14.2. The van der Waals surface area contributed by atoms with E-state index in [9.17, 15) is 25.0 Å². The van der Waals surface area contributed by atoms with Crippen LogP contribution in [0.1, 0.15) is 51.9 Å². The Bertz CT molecular complexity index is 503. The Morgan fingerprint density at radius 2 is 1.62 bits per heavy atom. The van der Waals surface area contributed by atoms with E-state index in [-0.39, 0.29) is 41.4 Å². The molecule has 0 saturated heterocycles. The Morgan fingerprint density at radius 1 is 1.10 bits per heavy atom. The Balaban J connectivity index is 2.03. The van der Waals surface area contributed by atoms with Gasteiger partial charge in [-0.1, -0.05) is 6.92 Å². The van der Waals surface area contributed by atoms with E-state index in [4.69, 9.17) is 4.74 Å². The van der Waals surface area contributed by atoms with Gasteiger partial charge in [-0.25, -0.2) is 0 Å². The van der Waals surface area contributed by atoms with Crippen LogP contribution < -0.4 is 0 Å². The Hall–Kier alpha value is -1.73. The molecular formula is C13H18N2O6. The summed E-state index contributed by atoms with van der Waals surface area (Å²) in [6.45, 7) is 1.65. The lowest BCUT2D eigenvalue weighted by Crippen LogP contribution is -2.71. The second kappa shape index (κ2) is 4.14. The van der Waals surface area contributed by atoms with Gasteiger partial charge in [0.1, 0.15) is 5.60 Å². The molecule has 0 amide bonds. The minimum atomic E-state index is -1.31. The fraction of sp³-hybridized carbons (Fsp3) is 0.923. The summed E-state index contributed by atoms with van der Waals surface area (Å²) in [5, 5.41) is 23.1. The molecule has 4 fully saturated rings. The van der Waals surface area contributed by atoms with E-state index in [1.54, 1.807) is 6.92 Å². The second-order valence-corrected chi connectivity index (χ2v) is 6.98. The fourth-order valence-electron chi connectivity index (χ4n) is 5.08. The summed E-state index contributed by atoms with van der Waals surface area (Å²) in [7, 11) is 0. The molecule has 2 atom stereocenters. The van der Waals surface area contributed by atoms with Crippen LogP contribution in [-0.2, 0) is 9.53 Å². The zero-order chi connectivity index (χ0) is 15.5. The van der Waals surface area contributed by atoms with Crippen LogP contribution >= 0.6 is 0 Å². The van der Waals surface area contributed by atoms with Crippen LogP contribution in [0.3, 0.4) is 0 Å². The highest BCUT2D eigenvalue weighted by molar-refractivity contribution is 5.69. The Labute approximate surface area is 121 Å². The lowest BCUT2D eigenvalue weighted by molar-refractivity contribution is -0.648. The van der Waals surface area contributed by atoms with Gasteiger partial charge >= 0.3 is 5.97 Å². The molecule has 0 aromatic heterocycles. The normalized spacial score (nSPS) is 43.6. The number of carbonyl (C=O) groups excluding carboxylic acids is 1. The molecule has 8 nitrogen and oxygen atoms in total. The highest BCUT2D eigenvalue weighted by atomic mass is 16.6. The average Bonchev–Trinajstić information content (AvgIpc) is 2.36. The number of carbonyl (C=O) groups is 1. The lowest BCUT2D eigenvalue weighted by Gasteiger charge is -2.57. The van der Waals surface area contributed by atoms with Gasteiger partial charge in [-0.3, -0.25) is 25.0 Å². The number of ether oxygens (including phenoxy) is 1. The fourth-order valence-corrected chi connectivity index (χ4v) is 5.08. The number of hydrogen-bond acceptors (Lipinski definition) is 6. The predicted octanol–water partition coefficient (Wildman–Crippen LogP) is 1.71. The van der Waals surface area contributed by atoms with Gasteiger partial charge in [-0.15, -0.1) is 0 Å². The molecule has 0 aromatic rings. The van der Waals surface area contributed by atoms with Gasteiger partial charge in [0.25, 0.3) is 0 Å². The van der Waals surface area contributed by atoms with Crippen molar-refractivity contribution < 1.29 is 19.4 Å². The molecule has 4 aliphatic carbocycles. The first-order chi connectivity index (χ1) is 9.75. The van der Waals surface area contributed by atoms with E-state index < -0.39 is 22.6 Å². The monoisotopic (exact) mass is 298 g/mol. The molecule has 2 unspecified atom stereocenters. The lowest BCUT2D eigenvalue weighted by atomic mass is 9.48. The van der Waals surface area contributed by atoms with Crippen molar-refractivity contribution in [3.63, 3.8) is 0 Å². The summed E-state index contributed by atoms with van der Waals surface area (Å²) in [4.78, 5) is 34.1. The smallest absolute Gasteiger partial charge is 0.306 e. The molecule has 0 N–H and O–H groups in total.